The Balaban J connectivity index is 2.41. The molecule has 0 aliphatic rings. The SMILES string of the molecule is C=CCOc1ccccc1CN=C(N)NCCCOCC. The van der Waals surface area contributed by atoms with Crippen molar-refractivity contribution < 1.29 is 9.47 Å². The molecule has 0 spiro atoms. The predicted molar refractivity (Wildman–Crippen MR) is 86.6 cm³/mol. The minimum absolute atomic E-state index is 0.435. The average molecular weight is 291 g/mol. The second-order valence-corrected chi connectivity index (χ2v) is 4.39. The van der Waals surface area contributed by atoms with E-state index in [1.807, 2.05) is 31.2 Å². The lowest BCUT2D eigenvalue weighted by Gasteiger charge is -2.09. The molecule has 0 aromatic heterocycles. The number of hydrogen-bond acceptors (Lipinski definition) is 3. The minimum Gasteiger partial charge on any atom is -0.489 e. The normalized spacial score (nSPS) is 11.2. The van der Waals surface area contributed by atoms with Crippen LogP contribution in [-0.2, 0) is 11.3 Å². The number of nitrogens with zero attached hydrogens (tertiary/aromatic N) is 1. The number of guanidine groups is 1. The number of hydrogen-bond donors (Lipinski definition) is 2. The summed E-state index contributed by atoms with van der Waals surface area (Å²) >= 11 is 0. The Morgan fingerprint density at radius 2 is 2.24 bits per heavy atom. The van der Waals surface area contributed by atoms with Crippen LogP contribution in [0.3, 0.4) is 0 Å². The summed E-state index contributed by atoms with van der Waals surface area (Å²) in [7, 11) is 0. The molecule has 21 heavy (non-hydrogen) atoms. The molecule has 0 aliphatic heterocycles. The molecule has 0 unspecified atom stereocenters. The van der Waals surface area contributed by atoms with E-state index in [2.05, 4.69) is 16.9 Å². The molecule has 0 amide bonds. The Labute approximate surface area is 126 Å². The number of rotatable bonds is 10. The zero-order valence-corrected chi connectivity index (χ0v) is 12.7. The van der Waals surface area contributed by atoms with Crippen LogP contribution in [0, 0.1) is 0 Å². The molecule has 1 rings (SSSR count). The van der Waals surface area contributed by atoms with E-state index in [0.29, 0.717) is 19.1 Å². The van der Waals surface area contributed by atoms with Crippen molar-refractivity contribution in [1.29, 1.82) is 0 Å². The van der Waals surface area contributed by atoms with Gasteiger partial charge in [0.15, 0.2) is 5.96 Å². The Morgan fingerprint density at radius 3 is 3.00 bits per heavy atom. The van der Waals surface area contributed by atoms with Crippen LogP contribution in [0.4, 0.5) is 0 Å². The fourth-order valence-corrected chi connectivity index (χ4v) is 1.69. The fourth-order valence-electron chi connectivity index (χ4n) is 1.69. The summed E-state index contributed by atoms with van der Waals surface area (Å²) in [5.74, 6) is 1.25. The summed E-state index contributed by atoms with van der Waals surface area (Å²) in [5, 5.41) is 3.07. The van der Waals surface area contributed by atoms with Gasteiger partial charge in [0.25, 0.3) is 0 Å². The highest BCUT2D eigenvalue weighted by atomic mass is 16.5. The lowest BCUT2D eigenvalue weighted by atomic mass is 10.2. The van der Waals surface area contributed by atoms with Gasteiger partial charge in [-0.25, -0.2) is 4.99 Å². The van der Waals surface area contributed by atoms with E-state index in [9.17, 15) is 0 Å². The molecule has 0 fully saturated rings. The van der Waals surface area contributed by atoms with Gasteiger partial charge in [-0.3, -0.25) is 0 Å². The number of aliphatic imine (C=N–C) groups is 1. The third kappa shape index (κ3) is 7.37. The van der Waals surface area contributed by atoms with Crippen molar-refractivity contribution in [3.63, 3.8) is 0 Å². The molecular weight excluding hydrogens is 266 g/mol. The van der Waals surface area contributed by atoms with Crippen molar-refractivity contribution in [2.75, 3.05) is 26.4 Å². The van der Waals surface area contributed by atoms with E-state index in [-0.39, 0.29) is 0 Å². The molecule has 5 nitrogen and oxygen atoms in total. The molecule has 5 heteroatoms. The van der Waals surface area contributed by atoms with Gasteiger partial charge in [0.05, 0.1) is 6.54 Å². The number of nitrogens with one attached hydrogen (secondary N) is 1. The first-order chi connectivity index (χ1) is 10.3. The average Bonchev–Trinajstić information content (AvgIpc) is 2.51. The summed E-state index contributed by atoms with van der Waals surface area (Å²) in [6.07, 6.45) is 2.62. The summed E-state index contributed by atoms with van der Waals surface area (Å²) in [6, 6.07) is 7.78. The maximum Gasteiger partial charge on any atom is 0.188 e. The van der Waals surface area contributed by atoms with Crippen molar-refractivity contribution in [2.45, 2.75) is 19.9 Å². The van der Waals surface area contributed by atoms with Gasteiger partial charge < -0.3 is 20.5 Å². The van der Waals surface area contributed by atoms with Gasteiger partial charge in [0.1, 0.15) is 12.4 Å². The second-order valence-electron chi connectivity index (χ2n) is 4.39. The monoisotopic (exact) mass is 291 g/mol. The maximum atomic E-state index is 5.83. The van der Waals surface area contributed by atoms with E-state index in [4.69, 9.17) is 15.2 Å². The van der Waals surface area contributed by atoms with Gasteiger partial charge in [-0.1, -0.05) is 30.9 Å². The van der Waals surface area contributed by atoms with Gasteiger partial charge in [-0.15, -0.1) is 0 Å². The van der Waals surface area contributed by atoms with Crippen LogP contribution >= 0.6 is 0 Å². The molecule has 0 aliphatic carbocycles. The zero-order valence-electron chi connectivity index (χ0n) is 12.7. The molecule has 3 N–H and O–H groups in total. The van der Waals surface area contributed by atoms with E-state index in [0.717, 1.165) is 37.5 Å². The summed E-state index contributed by atoms with van der Waals surface area (Å²) in [6.45, 7) is 8.81. The van der Waals surface area contributed by atoms with Crippen LogP contribution in [0.5, 0.6) is 5.75 Å². The van der Waals surface area contributed by atoms with Crippen molar-refractivity contribution in [1.82, 2.24) is 5.32 Å². The summed E-state index contributed by atoms with van der Waals surface area (Å²) in [5.41, 5.74) is 6.83. The first kappa shape index (κ1) is 17.0. The molecule has 0 heterocycles. The predicted octanol–water partition coefficient (Wildman–Crippen LogP) is 2.08. The smallest absolute Gasteiger partial charge is 0.188 e. The van der Waals surface area contributed by atoms with Gasteiger partial charge in [0.2, 0.25) is 0 Å². The van der Waals surface area contributed by atoms with Crippen molar-refractivity contribution in [2.24, 2.45) is 10.7 Å². The van der Waals surface area contributed by atoms with E-state index >= 15 is 0 Å². The largest absolute Gasteiger partial charge is 0.489 e. The standard InChI is InChI=1S/C16H25N3O2/c1-3-11-21-15-9-6-5-8-14(15)13-19-16(17)18-10-7-12-20-4-2/h3,5-6,8-9H,1,4,7,10-13H2,2H3,(H3,17,18,19). The van der Waals surface area contributed by atoms with Gasteiger partial charge in [-0.05, 0) is 19.4 Å². The molecular formula is C16H25N3O2. The molecule has 0 bridgehead atoms. The molecule has 0 radical (unpaired) electrons. The van der Waals surface area contributed by atoms with Crippen LogP contribution in [0.1, 0.15) is 18.9 Å². The Kier molecular flexibility index (Phi) is 8.72. The van der Waals surface area contributed by atoms with Crippen LogP contribution < -0.4 is 15.8 Å². The second kappa shape index (κ2) is 10.7. The topological polar surface area (TPSA) is 68.9 Å². The Morgan fingerprint density at radius 1 is 1.43 bits per heavy atom. The number of nitrogens with two attached hydrogens (primary N) is 1. The maximum absolute atomic E-state index is 5.83. The van der Waals surface area contributed by atoms with E-state index in [1.165, 1.54) is 0 Å². The van der Waals surface area contributed by atoms with Crippen molar-refractivity contribution in [3.8, 4) is 5.75 Å². The summed E-state index contributed by atoms with van der Waals surface area (Å²) in [4.78, 5) is 4.32. The zero-order chi connectivity index (χ0) is 15.3. The third-order valence-electron chi connectivity index (χ3n) is 2.72. The first-order valence-corrected chi connectivity index (χ1v) is 7.21. The quantitative estimate of drug-likeness (QED) is 0.300. The summed E-state index contributed by atoms with van der Waals surface area (Å²) < 4.78 is 10.8. The molecule has 0 atom stereocenters. The molecule has 116 valence electrons. The van der Waals surface area contributed by atoms with E-state index < -0.39 is 0 Å². The molecule has 0 saturated carbocycles. The van der Waals surface area contributed by atoms with Gasteiger partial charge >= 0.3 is 0 Å². The van der Waals surface area contributed by atoms with Crippen LogP contribution in [0.2, 0.25) is 0 Å². The van der Waals surface area contributed by atoms with Gasteiger partial charge in [0, 0.05) is 25.3 Å². The molecule has 1 aromatic carbocycles. The van der Waals surface area contributed by atoms with Gasteiger partial charge in [-0.2, -0.15) is 0 Å². The van der Waals surface area contributed by atoms with Crippen molar-refractivity contribution >= 4 is 5.96 Å². The Hall–Kier alpha value is -2.01. The van der Waals surface area contributed by atoms with Crippen molar-refractivity contribution in [3.05, 3.63) is 42.5 Å². The lowest BCUT2D eigenvalue weighted by Crippen LogP contribution is -2.32. The fraction of sp³-hybridized carbons (Fsp3) is 0.438. The highest BCUT2D eigenvalue weighted by Gasteiger charge is 2.01. The minimum atomic E-state index is 0.435. The van der Waals surface area contributed by atoms with Crippen LogP contribution in [-0.4, -0.2) is 32.3 Å². The highest BCUT2D eigenvalue weighted by molar-refractivity contribution is 5.77. The van der Waals surface area contributed by atoms with E-state index in [1.54, 1.807) is 6.08 Å². The first-order valence-electron chi connectivity index (χ1n) is 7.21. The molecule has 1 aromatic rings. The number of benzene rings is 1. The lowest BCUT2D eigenvalue weighted by molar-refractivity contribution is 0.145. The number of para-hydroxylation sites is 1. The Bertz CT molecular complexity index is 447. The number of ether oxygens (including phenoxy) is 2. The third-order valence-corrected chi connectivity index (χ3v) is 2.72. The highest BCUT2D eigenvalue weighted by Crippen LogP contribution is 2.18. The van der Waals surface area contributed by atoms with Crippen LogP contribution in [0.25, 0.3) is 0 Å². The molecule has 0 saturated heterocycles. The van der Waals surface area contributed by atoms with Crippen LogP contribution in [0.15, 0.2) is 41.9 Å².